The Bertz CT molecular complexity index is 449. The van der Waals surface area contributed by atoms with Crippen molar-refractivity contribution in [2.75, 3.05) is 19.7 Å². The van der Waals surface area contributed by atoms with Gasteiger partial charge in [-0.05, 0) is 12.0 Å². The summed E-state index contributed by atoms with van der Waals surface area (Å²) in [6.07, 6.45) is 7.08. The molecule has 4 nitrogen and oxygen atoms in total. The van der Waals surface area contributed by atoms with Crippen molar-refractivity contribution in [1.82, 2.24) is 4.90 Å². The second kappa shape index (κ2) is 10.3. The van der Waals surface area contributed by atoms with Crippen LogP contribution in [0.3, 0.4) is 0 Å². The maximum Gasteiger partial charge on any atom is 0.410 e. The quantitative estimate of drug-likeness (QED) is 0.568. The van der Waals surface area contributed by atoms with Crippen molar-refractivity contribution < 1.29 is 14.3 Å². The van der Waals surface area contributed by atoms with Gasteiger partial charge in [-0.2, -0.15) is 0 Å². The van der Waals surface area contributed by atoms with Crippen molar-refractivity contribution in [3.63, 3.8) is 0 Å². The third-order valence-corrected chi connectivity index (χ3v) is 4.15. The smallest absolute Gasteiger partial charge is 0.410 e. The summed E-state index contributed by atoms with van der Waals surface area (Å²) < 4.78 is 11.0. The van der Waals surface area contributed by atoms with Crippen LogP contribution < -0.4 is 0 Å². The molecule has 1 saturated heterocycles. The lowest BCUT2D eigenvalue weighted by atomic mass is 10.1. The van der Waals surface area contributed by atoms with Gasteiger partial charge in [0.25, 0.3) is 0 Å². The van der Waals surface area contributed by atoms with Crippen molar-refractivity contribution in [3.8, 4) is 0 Å². The number of amides is 1. The molecule has 0 spiro atoms. The lowest BCUT2D eigenvalue weighted by molar-refractivity contribution is 0.0381. The maximum absolute atomic E-state index is 11.8. The SMILES string of the molecule is CCCCCCCCN1CC(COCc2ccccc2)OC1=O. The molecule has 2 rings (SSSR count). The molecule has 0 N–H and O–H groups in total. The largest absolute Gasteiger partial charge is 0.442 e. The highest BCUT2D eigenvalue weighted by Crippen LogP contribution is 2.14. The number of carbonyl (C=O) groups excluding carboxylic acids is 1. The van der Waals surface area contributed by atoms with Gasteiger partial charge in [0.2, 0.25) is 0 Å². The Morgan fingerprint density at radius 3 is 2.65 bits per heavy atom. The molecule has 0 aliphatic carbocycles. The molecule has 1 amide bonds. The maximum atomic E-state index is 11.8. The molecule has 1 aromatic carbocycles. The van der Waals surface area contributed by atoms with E-state index in [1.807, 2.05) is 35.2 Å². The van der Waals surface area contributed by atoms with Crippen LogP contribution in [0.25, 0.3) is 0 Å². The lowest BCUT2D eigenvalue weighted by Crippen LogP contribution is -2.27. The third-order valence-electron chi connectivity index (χ3n) is 4.15. The number of carbonyl (C=O) groups is 1. The number of hydrogen-bond donors (Lipinski definition) is 0. The van der Waals surface area contributed by atoms with E-state index >= 15 is 0 Å². The van der Waals surface area contributed by atoms with E-state index in [1.54, 1.807) is 0 Å². The Hall–Kier alpha value is -1.55. The second-order valence-corrected chi connectivity index (χ2v) is 6.22. The zero-order valence-electron chi connectivity index (χ0n) is 14.2. The lowest BCUT2D eigenvalue weighted by Gasteiger charge is -2.12. The molecule has 23 heavy (non-hydrogen) atoms. The highest BCUT2D eigenvalue weighted by Gasteiger charge is 2.30. The van der Waals surface area contributed by atoms with Crippen LogP contribution >= 0.6 is 0 Å². The van der Waals surface area contributed by atoms with Gasteiger partial charge < -0.3 is 14.4 Å². The van der Waals surface area contributed by atoms with Crippen LogP contribution in [-0.2, 0) is 16.1 Å². The van der Waals surface area contributed by atoms with E-state index in [-0.39, 0.29) is 12.2 Å². The molecule has 0 saturated carbocycles. The number of unbranched alkanes of at least 4 members (excludes halogenated alkanes) is 5. The van der Waals surface area contributed by atoms with Gasteiger partial charge >= 0.3 is 6.09 Å². The number of nitrogens with zero attached hydrogens (tertiary/aromatic N) is 1. The Morgan fingerprint density at radius 1 is 1.13 bits per heavy atom. The van der Waals surface area contributed by atoms with Crippen LogP contribution in [0.15, 0.2) is 30.3 Å². The molecule has 0 aromatic heterocycles. The summed E-state index contributed by atoms with van der Waals surface area (Å²) in [6, 6.07) is 10.0. The highest BCUT2D eigenvalue weighted by atomic mass is 16.6. The Labute approximate surface area is 139 Å². The monoisotopic (exact) mass is 319 g/mol. The standard InChI is InChI=1S/C19H29NO3/c1-2-3-4-5-6-10-13-20-14-18(23-19(20)21)16-22-15-17-11-8-7-9-12-17/h7-9,11-12,18H,2-6,10,13-16H2,1H3. The molecule has 1 unspecified atom stereocenters. The van der Waals surface area contributed by atoms with Crippen molar-refractivity contribution in [2.45, 2.75) is 58.2 Å². The molecular formula is C19H29NO3. The molecule has 1 aliphatic heterocycles. The van der Waals surface area contributed by atoms with E-state index in [9.17, 15) is 4.79 Å². The normalized spacial score (nSPS) is 17.5. The number of rotatable bonds is 11. The van der Waals surface area contributed by atoms with Gasteiger partial charge in [0, 0.05) is 6.54 Å². The summed E-state index contributed by atoms with van der Waals surface area (Å²) in [7, 11) is 0. The predicted molar refractivity (Wildman–Crippen MR) is 91.3 cm³/mol. The fraction of sp³-hybridized carbons (Fsp3) is 0.632. The fourth-order valence-corrected chi connectivity index (χ4v) is 2.81. The number of ether oxygens (including phenoxy) is 2. The zero-order chi connectivity index (χ0) is 16.3. The Morgan fingerprint density at radius 2 is 1.87 bits per heavy atom. The second-order valence-electron chi connectivity index (χ2n) is 6.22. The molecule has 128 valence electrons. The van der Waals surface area contributed by atoms with Crippen molar-refractivity contribution >= 4 is 6.09 Å². The van der Waals surface area contributed by atoms with Gasteiger partial charge in [-0.3, -0.25) is 0 Å². The first-order valence-electron chi connectivity index (χ1n) is 8.87. The zero-order valence-corrected chi connectivity index (χ0v) is 14.2. The number of cyclic esters (lactones) is 1. The molecule has 1 atom stereocenters. The van der Waals surface area contributed by atoms with E-state index < -0.39 is 0 Å². The van der Waals surface area contributed by atoms with Gasteiger partial charge in [0.15, 0.2) is 0 Å². The summed E-state index contributed by atoms with van der Waals surface area (Å²) in [5.74, 6) is 0. The molecule has 0 radical (unpaired) electrons. The molecule has 0 bridgehead atoms. The molecular weight excluding hydrogens is 290 g/mol. The summed E-state index contributed by atoms with van der Waals surface area (Å²) in [6.45, 7) is 4.71. The van der Waals surface area contributed by atoms with Crippen molar-refractivity contribution in [1.29, 1.82) is 0 Å². The molecule has 1 heterocycles. The summed E-state index contributed by atoms with van der Waals surface area (Å²) >= 11 is 0. The summed E-state index contributed by atoms with van der Waals surface area (Å²) in [5.41, 5.74) is 1.14. The van der Waals surface area contributed by atoms with Crippen LogP contribution in [0.4, 0.5) is 4.79 Å². The number of hydrogen-bond acceptors (Lipinski definition) is 3. The molecule has 1 fully saturated rings. The van der Waals surface area contributed by atoms with Crippen molar-refractivity contribution in [2.24, 2.45) is 0 Å². The molecule has 1 aliphatic rings. The predicted octanol–water partition coefficient (Wildman–Crippen LogP) is 4.38. The minimum atomic E-state index is -0.188. The van der Waals surface area contributed by atoms with E-state index in [4.69, 9.17) is 9.47 Å². The van der Waals surface area contributed by atoms with Crippen LogP contribution in [0.5, 0.6) is 0 Å². The fourth-order valence-electron chi connectivity index (χ4n) is 2.81. The van der Waals surface area contributed by atoms with E-state index in [2.05, 4.69) is 6.92 Å². The minimum Gasteiger partial charge on any atom is -0.442 e. The Kier molecular flexibility index (Phi) is 7.95. The van der Waals surface area contributed by atoms with E-state index in [0.29, 0.717) is 19.8 Å². The first kappa shape index (κ1) is 17.8. The van der Waals surface area contributed by atoms with Crippen LogP contribution in [0.1, 0.15) is 51.0 Å². The van der Waals surface area contributed by atoms with E-state index in [0.717, 1.165) is 18.5 Å². The van der Waals surface area contributed by atoms with Crippen molar-refractivity contribution in [3.05, 3.63) is 35.9 Å². The summed E-state index contributed by atoms with van der Waals surface area (Å²) in [4.78, 5) is 13.6. The Balaban J connectivity index is 1.57. The number of benzene rings is 1. The van der Waals surface area contributed by atoms with Crippen LogP contribution in [0, 0.1) is 0 Å². The van der Waals surface area contributed by atoms with E-state index in [1.165, 1.54) is 32.1 Å². The molecule has 4 heteroatoms. The molecule has 1 aromatic rings. The van der Waals surface area contributed by atoms with Gasteiger partial charge in [-0.15, -0.1) is 0 Å². The first-order valence-corrected chi connectivity index (χ1v) is 8.87. The highest BCUT2D eigenvalue weighted by molar-refractivity contribution is 5.69. The average molecular weight is 319 g/mol. The van der Waals surface area contributed by atoms with Gasteiger partial charge in [-0.1, -0.05) is 69.4 Å². The van der Waals surface area contributed by atoms with Crippen LogP contribution in [-0.4, -0.2) is 36.8 Å². The van der Waals surface area contributed by atoms with Crippen LogP contribution in [0.2, 0.25) is 0 Å². The first-order chi connectivity index (χ1) is 11.3. The third kappa shape index (κ3) is 6.61. The summed E-state index contributed by atoms with van der Waals surface area (Å²) in [5, 5.41) is 0. The van der Waals surface area contributed by atoms with Gasteiger partial charge in [0.1, 0.15) is 6.10 Å². The topological polar surface area (TPSA) is 38.8 Å². The minimum absolute atomic E-state index is 0.133. The average Bonchev–Trinajstić information content (AvgIpc) is 2.92. The van der Waals surface area contributed by atoms with Gasteiger partial charge in [0.05, 0.1) is 19.8 Å². The van der Waals surface area contributed by atoms with Gasteiger partial charge in [-0.25, -0.2) is 4.79 Å².